The molecular formula is C17H15F2NO4S2. The lowest BCUT2D eigenvalue weighted by molar-refractivity contribution is 0.0623. The summed E-state index contributed by atoms with van der Waals surface area (Å²) in [5.74, 6) is -2.15. The van der Waals surface area contributed by atoms with E-state index < -0.39 is 39.6 Å². The molecule has 1 aromatic carbocycles. The molecule has 9 heteroatoms. The van der Waals surface area contributed by atoms with Crippen LogP contribution in [-0.4, -0.2) is 20.1 Å². The fraction of sp³-hybridized carbons (Fsp3) is 0.176. The highest BCUT2D eigenvalue weighted by Crippen LogP contribution is 2.31. The first kappa shape index (κ1) is 18.7. The molecule has 1 atom stereocenters. The van der Waals surface area contributed by atoms with E-state index in [2.05, 4.69) is 4.72 Å². The number of nitrogens with one attached hydrogen (secondary N) is 1. The fourth-order valence-electron chi connectivity index (χ4n) is 2.47. The van der Waals surface area contributed by atoms with Gasteiger partial charge in [-0.2, -0.15) is 11.3 Å². The molecular weight excluding hydrogens is 384 g/mol. The number of hydrogen-bond acceptors (Lipinski definition) is 5. The van der Waals surface area contributed by atoms with Gasteiger partial charge in [-0.05, 0) is 47.2 Å². The van der Waals surface area contributed by atoms with Crippen molar-refractivity contribution in [1.82, 2.24) is 4.72 Å². The van der Waals surface area contributed by atoms with Crippen molar-refractivity contribution in [2.24, 2.45) is 0 Å². The monoisotopic (exact) mass is 399 g/mol. The summed E-state index contributed by atoms with van der Waals surface area (Å²) in [6, 6.07) is 7.34. The van der Waals surface area contributed by atoms with Crippen LogP contribution < -0.4 is 4.72 Å². The molecule has 5 nitrogen and oxygen atoms in total. The van der Waals surface area contributed by atoms with Gasteiger partial charge in [0.2, 0.25) is 10.0 Å². The molecule has 0 spiro atoms. The summed E-state index contributed by atoms with van der Waals surface area (Å²) in [5, 5.41) is 14.4. The average molecular weight is 399 g/mol. The number of rotatable bonds is 7. The van der Waals surface area contributed by atoms with Crippen LogP contribution in [0.5, 0.6) is 0 Å². The highest BCUT2D eigenvalue weighted by atomic mass is 32.2. The van der Waals surface area contributed by atoms with Crippen molar-refractivity contribution in [3.8, 4) is 0 Å². The van der Waals surface area contributed by atoms with Gasteiger partial charge in [0.15, 0.2) is 5.60 Å². The molecule has 0 saturated heterocycles. The van der Waals surface area contributed by atoms with Crippen LogP contribution in [0.2, 0.25) is 0 Å². The van der Waals surface area contributed by atoms with Crippen molar-refractivity contribution in [1.29, 1.82) is 0 Å². The molecule has 0 saturated carbocycles. The Morgan fingerprint density at radius 2 is 2.04 bits per heavy atom. The third-order valence-electron chi connectivity index (χ3n) is 3.83. The van der Waals surface area contributed by atoms with Gasteiger partial charge in [0.25, 0.3) is 0 Å². The molecule has 2 aromatic heterocycles. The largest absolute Gasteiger partial charge is 0.466 e. The minimum Gasteiger partial charge on any atom is -0.466 e. The molecule has 0 bridgehead atoms. The summed E-state index contributed by atoms with van der Waals surface area (Å²) in [6.07, 6.45) is 1.36. The molecule has 0 amide bonds. The van der Waals surface area contributed by atoms with E-state index in [0.717, 1.165) is 18.2 Å². The third-order valence-corrected chi connectivity index (χ3v) is 5.79. The maximum atomic E-state index is 13.7. The van der Waals surface area contributed by atoms with Crippen LogP contribution in [0, 0.1) is 11.6 Å². The molecule has 0 unspecified atom stereocenters. The second-order valence-corrected chi connectivity index (χ2v) is 8.25. The molecule has 0 fully saturated rings. The van der Waals surface area contributed by atoms with Crippen LogP contribution in [0.25, 0.3) is 0 Å². The van der Waals surface area contributed by atoms with Crippen molar-refractivity contribution in [2.45, 2.75) is 11.4 Å². The zero-order valence-corrected chi connectivity index (χ0v) is 15.0. The minimum absolute atomic E-state index is 0.163. The smallest absolute Gasteiger partial charge is 0.216 e. The van der Waals surface area contributed by atoms with E-state index >= 15 is 0 Å². The van der Waals surface area contributed by atoms with Gasteiger partial charge >= 0.3 is 0 Å². The van der Waals surface area contributed by atoms with E-state index in [4.69, 9.17) is 4.42 Å². The first-order valence-corrected chi connectivity index (χ1v) is 10.1. The van der Waals surface area contributed by atoms with Crippen LogP contribution in [0.3, 0.4) is 0 Å². The molecule has 138 valence electrons. The Morgan fingerprint density at radius 3 is 2.69 bits per heavy atom. The van der Waals surface area contributed by atoms with Crippen molar-refractivity contribution in [2.75, 3.05) is 6.54 Å². The Kier molecular flexibility index (Phi) is 5.24. The topological polar surface area (TPSA) is 79.5 Å². The van der Waals surface area contributed by atoms with Gasteiger partial charge < -0.3 is 9.52 Å². The third kappa shape index (κ3) is 4.01. The Labute approximate surface area is 153 Å². The number of halogens is 2. The normalized spacial score (nSPS) is 14.3. The molecule has 2 heterocycles. The first-order valence-electron chi connectivity index (χ1n) is 7.50. The number of hydrogen-bond donors (Lipinski definition) is 2. The number of benzene rings is 1. The quantitative estimate of drug-likeness (QED) is 0.640. The lowest BCUT2D eigenvalue weighted by Crippen LogP contribution is -2.41. The van der Waals surface area contributed by atoms with E-state index in [-0.39, 0.29) is 11.3 Å². The summed E-state index contributed by atoms with van der Waals surface area (Å²) >= 11 is 1.33. The van der Waals surface area contributed by atoms with Crippen molar-refractivity contribution in [3.05, 3.63) is 81.9 Å². The minimum atomic E-state index is -4.04. The number of furan rings is 1. The Bertz CT molecular complexity index is 936. The summed E-state index contributed by atoms with van der Waals surface area (Å²) in [7, 11) is -4.04. The zero-order chi connectivity index (χ0) is 18.8. The predicted octanol–water partition coefficient (Wildman–Crippen LogP) is 2.97. The zero-order valence-electron chi connectivity index (χ0n) is 13.4. The van der Waals surface area contributed by atoms with Crippen molar-refractivity contribution < 1.29 is 26.7 Å². The van der Waals surface area contributed by atoms with E-state index in [1.807, 2.05) is 0 Å². The Hall–Kier alpha value is -2.07. The molecule has 3 rings (SSSR count). The summed E-state index contributed by atoms with van der Waals surface area (Å²) in [6.45, 7) is -0.420. The molecule has 26 heavy (non-hydrogen) atoms. The van der Waals surface area contributed by atoms with Gasteiger partial charge in [0.1, 0.15) is 17.4 Å². The highest BCUT2D eigenvalue weighted by molar-refractivity contribution is 7.88. The van der Waals surface area contributed by atoms with Gasteiger partial charge in [-0.15, -0.1) is 0 Å². The number of aliphatic hydroxyl groups is 1. The molecule has 0 aliphatic carbocycles. The van der Waals surface area contributed by atoms with Crippen LogP contribution in [0.4, 0.5) is 8.78 Å². The van der Waals surface area contributed by atoms with Gasteiger partial charge in [-0.25, -0.2) is 21.9 Å². The Balaban J connectivity index is 1.82. The van der Waals surface area contributed by atoms with Crippen LogP contribution in [0.15, 0.2) is 57.8 Å². The van der Waals surface area contributed by atoms with Crippen LogP contribution >= 0.6 is 11.3 Å². The Morgan fingerprint density at radius 1 is 1.23 bits per heavy atom. The molecule has 3 aromatic rings. The lowest BCUT2D eigenvalue weighted by atomic mass is 9.94. The van der Waals surface area contributed by atoms with Gasteiger partial charge in [0.05, 0.1) is 18.6 Å². The molecule has 0 aliphatic rings. The SMILES string of the molecule is O=S(=O)(Cc1cc(F)ccc1F)NC[C@@](O)(c1ccsc1)c1ccco1. The number of sulfonamides is 1. The second kappa shape index (κ2) is 7.28. The van der Waals surface area contributed by atoms with Gasteiger partial charge in [-0.3, -0.25) is 0 Å². The van der Waals surface area contributed by atoms with Crippen LogP contribution in [-0.2, 0) is 21.4 Å². The maximum absolute atomic E-state index is 13.7. The van der Waals surface area contributed by atoms with E-state index in [9.17, 15) is 22.3 Å². The fourth-order valence-corrected chi connectivity index (χ4v) is 4.35. The van der Waals surface area contributed by atoms with E-state index in [1.54, 1.807) is 22.9 Å². The summed E-state index contributed by atoms with van der Waals surface area (Å²) in [4.78, 5) is 0. The summed E-state index contributed by atoms with van der Waals surface area (Å²) in [5.41, 5.74) is -1.57. The molecule has 2 N–H and O–H groups in total. The molecule has 0 aliphatic heterocycles. The predicted molar refractivity (Wildman–Crippen MR) is 93.0 cm³/mol. The van der Waals surface area contributed by atoms with Crippen molar-refractivity contribution >= 4 is 21.4 Å². The maximum Gasteiger partial charge on any atom is 0.216 e. The number of thiophene rings is 1. The highest BCUT2D eigenvalue weighted by Gasteiger charge is 2.36. The average Bonchev–Trinajstić information content (AvgIpc) is 3.29. The van der Waals surface area contributed by atoms with E-state index in [0.29, 0.717) is 5.56 Å². The van der Waals surface area contributed by atoms with E-state index in [1.165, 1.54) is 23.7 Å². The van der Waals surface area contributed by atoms with Gasteiger partial charge in [-0.1, -0.05) is 0 Å². The molecule has 0 radical (unpaired) electrons. The van der Waals surface area contributed by atoms with Crippen LogP contribution in [0.1, 0.15) is 16.9 Å². The summed E-state index contributed by atoms with van der Waals surface area (Å²) < 4.78 is 59.1. The standard InChI is InChI=1S/C17H15F2NO4S2/c18-14-3-4-15(19)12(8-14)10-26(22,23)20-11-17(21,13-5-7-25-9-13)16-2-1-6-24-16/h1-9,20-21H,10-11H2/t17-/m1/s1. The van der Waals surface area contributed by atoms with Crippen molar-refractivity contribution in [3.63, 3.8) is 0 Å². The van der Waals surface area contributed by atoms with Gasteiger partial charge in [0, 0.05) is 11.1 Å². The lowest BCUT2D eigenvalue weighted by Gasteiger charge is -2.25. The second-order valence-electron chi connectivity index (χ2n) is 5.67. The first-order chi connectivity index (χ1) is 12.3.